The fourth-order valence-corrected chi connectivity index (χ4v) is 1.75. The molecule has 1 aromatic heterocycles. The highest BCUT2D eigenvalue weighted by molar-refractivity contribution is 5.95. The smallest absolute Gasteiger partial charge is 0.338 e. The number of tetrazole rings is 1. The first-order valence-corrected chi connectivity index (χ1v) is 6.78. The molecule has 0 aliphatic carbocycles. The van der Waals surface area contributed by atoms with Crippen LogP contribution in [0.5, 0.6) is 0 Å². The van der Waals surface area contributed by atoms with Gasteiger partial charge in [0.1, 0.15) is 0 Å². The number of carbonyl (C=O) groups excluding carboxylic acids is 2. The second-order valence-corrected chi connectivity index (χ2v) is 4.98. The maximum Gasteiger partial charge on any atom is 0.338 e. The first-order valence-electron chi connectivity index (χ1n) is 6.78. The standard InChI is InChI=1S/C14H17N5O3/c1-9(2)22-14(21)10-5-4-6-11(7-10)15-13(20)8-12-16-17-18-19(12)3/h4-7,9H,8H2,1-3H3,(H,15,20). The molecule has 2 aromatic rings. The van der Waals surface area contributed by atoms with Crippen LogP contribution in [0.1, 0.15) is 30.0 Å². The van der Waals surface area contributed by atoms with Crippen molar-refractivity contribution in [3.05, 3.63) is 35.7 Å². The highest BCUT2D eigenvalue weighted by Gasteiger charge is 2.12. The highest BCUT2D eigenvalue weighted by atomic mass is 16.5. The van der Waals surface area contributed by atoms with Crippen LogP contribution in [0.15, 0.2) is 24.3 Å². The zero-order valence-electron chi connectivity index (χ0n) is 12.6. The van der Waals surface area contributed by atoms with Crippen molar-refractivity contribution in [3.8, 4) is 0 Å². The lowest BCUT2D eigenvalue weighted by molar-refractivity contribution is -0.115. The van der Waals surface area contributed by atoms with E-state index in [4.69, 9.17) is 4.74 Å². The number of hydrogen-bond donors (Lipinski definition) is 1. The summed E-state index contributed by atoms with van der Waals surface area (Å²) in [6, 6.07) is 6.57. The summed E-state index contributed by atoms with van der Waals surface area (Å²) in [4.78, 5) is 23.8. The molecular formula is C14H17N5O3. The number of ether oxygens (including phenoxy) is 1. The van der Waals surface area contributed by atoms with Crippen molar-refractivity contribution in [1.82, 2.24) is 20.2 Å². The molecule has 0 unspecified atom stereocenters. The van der Waals surface area contributed by atoms with E-state index in [0.717, 1.165) is 0 Å². The van der Waals surface area contributed by atoms with Crippen molar-refractivity contribution in [1.29, 1.82) is 0 Å². The van der Waals surface area contributed by atoms with E-state index in [1.807, 2.05) is 0 Å². The van der Waals surface area contributed by atoms with Crippen LogP contribution in [-0.2, 0) is 23.0 Å². The fourth-order valence-electron chi connectivity index (χ4n) is 1.75. The number of rotatable bonds is 5. The Morgan fingerprint density at radius 3 is 2.77 bits per heavy atom. The van der Waals surface area contributed by atoms with Gasteiger partial charge in [-0.2, -0.15) is 0 Å². The normalized spacial score (nSPS) is 10.5. The molecule has 2 rings (SSSR count). The Kier molecular flexibility index (Phi) is 4.82. The van der Waals surface area contributed by atoms with Gasteiger partial charge in [-0.1, -0.05) is 6.07 Å². The Hall–Kier alpha value is -2.77. The number of amides is 1. The lowest BCUT2D eigenvalue weighted by Crippen LogP contribution is -2.17. The van der Waals surface area contributed by atoms with Crippen LogP contribution in [0.2, 0.25) is 0 Å². The van der Waals surface area contributed by atoms with Gasteiger partial charge >= 0.3 is 5.97 Å². The topological polar surface area (TPSA) is 99.0 Å². The Morgan fingerprint density at radius 1 is 1.36 bits per heavy atom. The molecule has 0 radical (unpaired) electrons. The molecule has 0 saturated carbocycles. The van der Waals surface area contributed by atoms with Gasteiger partial charge in [0.05, 0.1) is 18.1 Å². The second kappa shape index (κ2) is 6.79. The van der Waals surface area contributed by atoms with Crippen LogP contribution in [0, 0.1) is 0 Å². The molecule has 0 fully saturated rings. The zero-order chi connectivity index (χ0) is 16.1. The third-order valence-electron chi connectivity index (χ3n) is 2.75. The van der Waals surface area contributed by atoms with E-state index in [9.17, 15) is 9.59 Å². The summed E-state index contributed by atoms with van der Waals surface area (Å²) < 4.78 is 6.54. The van der Waals surface area contributed by atoms with Crippen LogP contribution in [-0.4, -0.2) is 38.2 Å². The monoisotopic (exact) mass is 303 g/mol. The van der Waals surface area contributed by atoms with Crippen molar-refractivity contribution >= 4 is 17.6 Å². The van der Waals surface area contributed by atoms with Gasteiger partial charge in [0.2, 0.25) is 5.91 Å². The van der Waals surface area contributed by atoms with Crippen molar-refractivity contribution in [2.45, 2.75) is 26.4 Å². The summed E-state index contributed by atoms with van der Waals surface area (Å²) in [7, 11) is 1.66. The zero-order valence-corrected chi connectivity index (χ0v) is 12.6. The van der Waals surface area contributed by atoms with E-state index in [-0.39, 0.29) is 18.4 Å². The summed E-state index contributed by atoms with van der Waals surface area (Å²) in [5.74, 6) is -0.247. The Morgan fingerprint density at radius 2 is 2.14 bits per heavy atom. The van der Waals surface area contributed by atoms with Crippen molar-refractivity contribution in [2.24, 2.45) is 7.05 Å². The highest BCUT2D eigenvalue weighted by Crippen LogP contribution is 2.13. The molecule has 1 N–H and O–H groups in total. The molecule has 1 aromatic carbocycles. The maximum atomic E-state index is 12.0. The molecule has 8 heteroatoms. The molecule has 0 spiro atoms. The van der Waals surface area contributed by atoms with Gasteiger partial charge in [-0.15, -0.1) is 5.10 Å². The first-order chi connectivity index (χ1) is 10.5. The third kappa shape index (κ3) is 4.11. The number of anilines is 1. The summed E-state index contributed by atoms with van der Waals surface area (Å²) in [6.45, 7) is 3.55. The summed E-state index contributed by atoms with van der Waals surface area (Å²) in [6.07, 6.45) is -0.154. The van der Waals surface area contributed by atoms with Crippen LogP contribution in [0.25, 0.3) is 0 Å². The van der Waals surface area contributed by atoms with E-state index < -0.39 is 5.97 Å². The average molecular weight is 303 g/mol. The molecule has 0 aliphatic rings. The lowest BCUT2D eigenvalue weighted by atomic mass is 10.2. The Bertz CT molecular complexity index is 681. The molecular weight excluding hydrogens is 286 g/mol. The molecule has 0 atom stereocenters. The Labute approximate surface area is 127 Å². The quantitative estimate of drug-likeness (QED) is 0.826. The van der Waals surface area contributed by atoms with Gasteiger partial charge in [-0.25, -0.2) is 9.48 Å². The maximum absolute atomic E-state index is 12.0. The van der Waals surface area contributed by atoms with Gasteiger partial charge in [-0.05, 0) is 42.5 Å². The van der Waals surface area contributed by atoms with Crippen molar-refractivity contribution in [2.75, 3.05) is 5.32 Å². The number of aryl methyl sites for hydroxylation is 1. The van der Waals surface area contributed by atoms with E-state index in [2.05, 4.69) is 20.8 Å². The number of nitrogens with zero attached hydrogens (tertiary/aromatic N) is 4. The molecule has 0 saturated heterocycles. The van der Waals surface area contributed by atoms with E-state index in [1.54, 1.807) is 45.2 Å². The number of carbonyl (C=O) groups is 2. The third-order valence-corrected chi connectivity index (χ3v) is 2.75. The molecule has 116 valence electrons. The van der Waals surface area contributed by atoms with Crippen LogP contribution >= 0.6 is 0 Å². The number of aromatic nitrogens is 4. The largest absolute Gasteiger partial charge is 0.459 e. The minimum Gasteiger partial charge on any atom is -0.459 e. The molecule has 22 heavy (non-hydrogen) atoms. The molecule has 0 bridgehead atoms. The number of hydrogen-bond acceptors (Lipinski definition) is 6. The van der Waals surface area contributed by atoms with Crippen LogP contribution in [0.4, 0.5) is 5.69 Å². The summed E-state index contributed by atoms with van der Waals surface area (Å²) in [5.41, 5.74) is 0.894. The summed E-state index contributed by atoms with van der Waals surface area (Å²) in [5, 5.41) is 13.6. The van der Waals surface area contributed by atoms with Crippen LogP contribution in [0.3, 0.4) is 0 Å². The molecule has 0 aliphatic heterocycles. The van der Waals surface area contributed by atoms with Gasteiger partial charge in [-0.3, -0.25) is 4.79 Å². The molecule has 1 amide bonds. The van der Waals surface area contributed by atoms with Gasteiger partial charge in [0.15, 0.2) is 5.82 Å². The SMILES string of the molecule is CC(C)OC(=O)c1cccc(NC(=O)Cc2nnnn2C)c1. The lowest BCUT2D eigenvalue weighted by Gasteiger charge is -2.09. The number of esters is 1. The summed E-state index contributed by atoms with van der Waals surface area (Å²) >= 11 is 0. The van der Waals surface area contributed by atoms with E-state index >= 15 is 0 Å². The predicted molar refractivity (Wildman–Crippen MR) is 78.1 cm³/mol. The van der Waals surface area contributed by atoms with Crippen molar-refractivity contribution < 1.29 is 14.3 Å². The first kappa shape index (κ1) is 15.6. The van der Waals surface area contributed by atoms with Crippen molar-refractivity contribution in [3.63, 3.8) is 0 Å². The molecule has 8 nitrogen and oxygen atoms in total. The number of benzene rings is 1. The van der Waals surface area contributed by atoms with Crippen LogP contribution < -0.4 is 5.32 Å². The Balaban J connectivity index is 2.02. The number of nitrogens with one attached hydrogen (secondary N) is 1. The van der Waals surface area contributed by atoms with E-state index in [1.165, 1.54) is 4.68 Å². The predicted octanol–water partition coefficient (Wildman–Crippen LogP) is 0.956. The van der Waals surface area contributed by atoms with E-state index in [0.29, 0.717) is 17.1 Å². The van der Waals surface area contributed by atoms with Gasteiger partial charge in [0, 0.05) is 12.7 Å². The second-order valence-electron chi connectivity index (χ2n) is 4.98. The minimum absolute atomic E-state index is 0.0458. The average Bonchev–Trinajstić information content (AvgIpc) is 2.83. The van der Waals surface area contributed by atoms with Gasteiger partial charge < -0.3 is 10.1 Å². The molecule has 1 heterocycles. The fraction of sp³-hybridized carbons (Fsp3) is 0.357. The minimum atomic E-state index is -0.427. The van der Waals surface area contributed by atoms with Gasteiger partial charge in [0.25, 0.3) is 0 Å².